The summed E-state index contributed by atoms with van der Waals surface area (Å²) < 4.78 is 11.3. The summed E-state index contributed by atoms with van der Waals surface area (Å²) in [5.41, 5.74) is 0. The van der Waals surface area contributed by atoms with Gasteiger partial charge in [-0.3, -0.25) is 9.59 Å². The fourth-order valence-electron chi connectivity index (χ4n) is 2.89. The zero-order valence-electron chi connectivity index (χ0n) is 15.2. The average Bonchev–Trinajstić information content (AvgIpc) is 3.15. The highest BCUT2D eigenvalue weighted by Gasteiger charge is 2.27. The SMILES string of the molecule is CC(C)C(=O)N1CCN(C(=O)c2ccc(COc3ccccc3)o2)CC1. The minimum absolute atomic E-state index is 0.0190. The molecule has 138 valence electrons. The first-order valence-corrected chi connectivity index (χ1v) is 8.89. The Hall–Kier alpha value is -2.76. The molecule has 0 saturated carbocycles. The summed E-state index contributed by atoms with van der Waals surface area (Å²) in [6.45, 7) is 6.22. The van der Waals surface area contributed by atoms with Crippen molar-refractivity contribution >= 4 is 11.8 Å². The molecule has 6 heteroatoms. The van der Waals surface area contributed by atoms with Crippen molar-refractivity contribution in [3.63, 3.8) is 0 Å². The van der Waals surface area contributed by atoms with Gasteiger partial charge in [0, 0.05) is 32.1 Å². The molecule has 1 aliphatic heterocycles. The minimum atomic E-state index is -0.146. The third-order valence-electron chi connectivity index (χ3n) is 4.37. The van der Waals surface area contributed by atoms with E-state index in [1.54, 1.807) is 17.0 Å². The molecule has 1 aromatic heterocycles. The normalized spacial score (nSPS) is 14.6. The number of furan rings is 1. The summed E-state index contributed by atoms with van der Waals surface area (Å²) in [5.74, 6) is 1.63. The van der Waals surface area contributed by atoms with Crippen LogP contribution in [-0.2, 0) is 11.4 Å². The summed E-state index contributed by atoms with van der Waals surface area (Å²) in [6, 6.07) is 12.9. The first kappa shape index (κ1) is 18.0. The molecule has 6 nitrogen and oxygen atoms in total. The van der Waals surface area contributed by atoms with Crippen molar-refractivity contribution in [3.05, 3.63) is 54.0 Å². The number of amides is 2. The molecule has 0 radical (unpaired) electrons. The molecule has 1 saturated heterocycles. The number of carbonyl (C=O) groups excluding carboxylic acids is 2. The molecule has 0 aliphatic carbocycles. The molecule has 1 aromatic carbocycles. The molecule has 2 amide bonds. The van der Waals surface area contributed by atoms with Gasteiger partial charge in [0.2, 0.25) is 5.91 Å². The van der Waals surface area contributed by atoms with Gasteiger partial charge in [-0.1, -0.05) is 32.0 Å². The van der Waals surface area contributed by atoms with Gasteiger partial charge in [-0.05, 0) is 24.3 Å². The van der Waals surface area contributed by atoms with Crippen molar-refractivity contribution in [2.24, 2.45) is 5.92 Å². The van der Waals surface area contributed by atoms with Gasteiger partial charge < -0.3 is 19.0 Å². The minimum Gasteiger partial charge on any atom is -0.486 e. The van der Waals surface area contributed by atoms with E-state index in [4.69, 9.17) is 9.15 Å². The number of rotatable bonds is 5. The maximum absolute atomic E-state index is 12.6. The molecular formula is C20H24N2O4. The van der Waals surface area contributed by atoms with Crippen molar-refractivity contribution in [3.8, 4) is 5.75 Å². The maximum Gasteiger partial charge on any atom is 0.289 e. The van der Waals surface area contributed by atoms with E-state index in [2.05, 4.69) is 0 Å². The van der Waals surface area contributed by atoms with Gasteiger partial charge in [0.25, 0.3) is 5.91 Å². The van der Waals surface area contributed by atoms with E-state index >= 15 is 0 Å². The van der Waals surface area contributed by atoms with Crippen LogP contribution in [0.25, 0.3) is 0 Å². The maximum atomic E-state index is 12.6. The Bertz CT molecular complexity index is 746. The highest BCUT2D eigenvalue weighted by molar-refractivity contribution is 5.91. The summed E-state index contributed by atoms with van der Waals surface area (Å²) in [4.78, 5) is 28.2. The van der Waals surface area contributed by atoms with Crippen LogP contribution < -0.4 is 4.74 Å². The second-order valence-corrected chi connectivity index (χ2v) is 6.64. The number of ether oxygens (including phenoxy) is 1. The standard InChI is InChI=1S/C20H24N2O4/c1-15(2)19(23)21-10-12-22(13-11-21)20(24)18-9-8-17(26-18)14-25-16-6-4-3-5-7-16/h3-9,15H,10-14H2,1-2H3. The molecule has 0 spiro atoms. The molecular weight excluding hydrogens is 332 g/mol. The molecule has 2 heterocycles. The molecule has 26 heavy (non-hydrogen) atoms. The number of nitrogens with zero attached hydrogens (tertiary/aromatic N) is 2. The van der Waals surface area contributed by atoms with E-state index < -0.39 is 0 Å². The van der Waals surface area contributed by atoms with E-state index in [9.17, 15) is 9.59 Å². The Morgan fingerprint density at radius 2 is 1.65 bits per heavy atom. The first-order chi connectivity index (χ1) is 12.5. The third-order valence-corrected chi connectivity index (χ3v) is 4.37. The van der Waals surface area contributed by atoms with Crippen molar-refractivity contribution in [2.75, 3.05) is 26.2 Å². The van der Waals surface area contributed by atoms with Crippen molar-refractivity contribution in [2.45, 2.75) is 20.5 Å². The molecule has 0 bridgehead atoms. The summed E-state index contributed by atoms with van der Waals surface area (Å²) in [7, 11) is 0. The van der Waals surface area contributed by atoms with Crippen LogP contribution in [0.3, 0.4) is 0 Å². The molecule has 0 unspecified atom stereocenters. The smallest absolute Gasteiger partial charge is 0.289 e. The quantitative estimate of drug-likeness (QED) is 0.826. The molecule has 3 rings (SSSR count). The van der Waals surface area contributed by atoms with E-state index in [0.717, 1.165) is 5.75 Å². The number of hydrogen-bond acceptors (Lipinski definition) is 4. The van der Waals surface area contributed by atoms with Crippen molar-refractivity contribution in [1.29, 1.82) is 0 Å². The summed E-state index contributed by atoms with van der Waals surface area (Å²) >= 11 is 0. The van der Waals surface area contributed by atoms with Crippen LogP contribution in [0.4, 0.5) is 0 Å². The fourth-order valence-corrected chi connectivity index (χ4v) is 2.89. The van der Waals surface area contributed by atoms with Crippen LogP contribution in [0.2, 0.25) is 0 Å². The van der Waals surface area contributed by atoms with Crippen LogP contribution in [0, 0.1) is 5.92 Å². The van der Waals surface area contributed by atoms with Gasteiger partial charge >= 0.3 is 0 Å². The Kier molecular flexibility index (Phi) is 5.61. The number of carbonyl (C=O) groups is 2. The van der Waals surface area contributed by atoms with Gasteiger partial charge in [-0.2, -0.15) is 0 Å². The lowest BCUT2D eigenvalue weighted by atomic mass is 10.1. The topological polar surface area (TPSA) is 63.0 Å². The van der Waals surface area contributed by atoms with Crippen LogP contribution in [-0.4, -0.2) is 47.8 Å². The van der Waals surface area contributed by atoms with Gasteiger partial charge in [0.15, 0.2) is 5.76 Å². The van der Waals surface area contributed by atoms with Crippen LogP contribution in [0.15, 0.2) is 46.9 Å². The van der Waals surface area contributed by atoms with Gasteiger partial charge in [0.05, 0.1) is 0 Å². The van der Waals surface area contributed by atoms with Crippen LogP contribution in [0.5, 0.6) is 5.75 Å². The summed E-state index contributed by atoms with van der Waals surface area (Å²) in [6.07, 6.45) is 0. The number of piperazine rings is 1. The molecule has 0 N–H and O–H groups in total. The first-order valence-electron chi connectivity index (χ1n) is 8.89. The predicted octanol–water partition coefficient (Wildman–Crippen LogP) is 2.80. The molecule has 2 aromatic rings. The Morgan fingerprint density at radius 1 is 1.00 bits per heavy atom. The largest absolute Gasteiger partial charge is 0.486 e. The molecule has 1 aliphatic rings. The lowest BCUT2D eigenvalue weighted by molar-refractivity contribution is -0.135. The number of para-hydroxylation sites is 1. The van der Waals surface area contributed by atoms with Gasteiger partial charge in [-0.25, -0.2) is 0 Å². The Morgan fingerprint density at radius 3 is 2.31 bits per heavy atom. The molecule has 1 fully saturated rings. The van der Waals surface area contributed by atoms with Crippen LogP contribution in [0.1, 0.15) is 30.2 Å². The highest BCUT2D eigenvalue weighted by Crippen LogP contribution is 2.16. The van der Waals surface area contributed by atoms with Crippen molar-refractivity contribution in [1.82, 2.24) is 9.80 Å². The molecule has 0 atom stereocenters. The Labute approximate surface area is 153 Å². The van der Waals surface area contributed by atoms with E-state index in [-0.39, 0.29) is 24.3 Å². The average molecular weight is 356 g/mol. The van der Waals surface area contributed by atoms with E-state index in [0.29, 0.717) is 37.7 Å². The number of hydrogen-bond donors (Lipinski definition) is 0. The zero-order valence-corrected chi connectivity index (χ0v) is 15.2. The predicted molar refractivity (Wildman–Crippen MR) is 96.8 cm³/mol. The van der Waals surface area contributed by atoms with Gasteiger partial charge in [0.1, 0.15) is 18.1 Å². The third kappa shape index (κ3) is 4.25. The van der Waals surface area contributed by atoms with Gasteiger partial charge in [-0.15, -0.1) is 0 Å². The van der Waals surface area contributed by atoms with Crippen LogP contribution >= 0.6 is 0 Å². The van der Waals surface area contributed by atoms with E-state index in [1.807, 2.05) is 49.1 Å². The lowest BCUT2D eigenvalue weighted by Gasteiger charge is -2.35. The lowest BCUT2D eigenvalue weighted by Crippen LogP contribution is -2.51. The van der Waals surface area contributed by atoms with E-state index in [1.165, 1.54) is 0 Å². The Balaban J connectivity index is 1.53. The second kappa shape index (κ2) is 8.08. The highest BCUT2D eigenvalue weighted by atomic mass is 16.5. The zero-order chi connectivity index (χ0) is 18.5. The second-order valence-electron chi connectivity index (χ2n) is 6.64. The fraction of sp³-hybridized carbons (Fsp3) is 0.400. The monoisotopic (exact) mass is 356 g/mol. The number of benzene rings is 1. The summed E-state index contributed by atoms with van der Waals surface area (Å²) in [5, 5.41) is 0. The van der Waals surface area contributed by atoms with Crippen molar-refractivity contribution < 1.29 is 18.7 Å².